The lowest BCUT2D eigenvalue weighted by Crippen LogP contribution is -2.25. The lowest BCUT2D eigenvalue weighted by Gasteiger charge is -2.28. The lowest BCUT2D eigenvalue weighted by molar-refractivity contribution is 0.361. The van der Waals surface area contributed by atoms with Gasteiger partial charge < -0.3 is 5.32 Å². The highest BCUT2D eigenvalue weighted by atomic mass is 35.5. The summed E-state index contributed by atoms with van der Waals surface area (Å²) in [5.74, 6) is 0.881. The van der Waals surface area contributed by atoms with Gasteiger partial charge in [0.2, 0.25) is 0 Å². The van der Waals surface area contributed by atoms with Crippen LogP contribution in [-0.4, -0.2) is 11.0 Å². The fourth-order valence-electron chi connectivity index (χ4n) is 2.87. The van der Waals surface area contributed by atoms with Gasteiger partial charge in [0.05, 0.1) is 5.52 Å². The molecule has 0 bridgehead atoms. The van der Waals surface area contributed by atoms with E-state index in [2.05, 4.69) is 29.4 Å². The fourth-order valence-corrected chi connectivity index (χ4v) is 3.04. The van der Waals surface area contributed by atoms with Gasteiger partial charge in [-0.05, 0) is 55.9 Å². The molecule has 0 spiro atoms. The minimum Gasteiger partial charge on any atom is -0.382 e. The van der Waals surface area contributed by atoms with Gasteiger partial charge in [-0.1, -0.05) is 18.5 Å². The van der Waals surface area contributed by atoms with E-state index >= 15 is 0 Å². The summed E-state index contributed by atoms with van der Waals surface area (Å²) >= 11 is 6.02. The molecule has 1 aromatic heterocycles. The zero-order valence-electron chi connectivity index (χ0n) is 11.2. The summed E-state index contributed by atoms with van der Waals surface area (Å²) in [7, 11) is 0. The van der Waals surface area contributed by atoms with E-state index in [0.717, 1.165) is 21.8 Å². The third-order valence-corrected chi connectivity index (χ3v) is 4.32. The number of anilines is 1. The largest absolute Gasteiger partial charge is 0.382 e. The Hall–Kier alpha value is -1.28. The average molecular weight is 275 g/mol. The number of rotatable bonds is 2. The number of hydrogen-bond donors (Lipinski definition) is 1. The number of benzene rings is 1. The van der Waals surface area contributed by atoms with Gasteiger partial charge in [-0.25, -0.2) is 0 Å². The van der Waals surface area contributed by atoms with Crippen LogP contribution >= 0.6 is 11.6 Å². The molecule has 0 saturated heterocycles. The standard InChI is InChI=1S/C16H19ClN2/c1-11-2-5-13(6-3-11)19-15-8-9-18-16-10-12(17)4-7-14(15)16/h4,7-11,13H,2-3,5-6H2,1H3,(H,18,19). The smallest absolute Gasteiger partial charge is 0.0737 e. The number of hydrogen-bond acceptors (Lipinski definition) is 2. The maximum atomic E-state index is 6.02. The molecule has 1 heterocycles. The molecule has 2 aromatic rings. The van der Waals surface area contributed by atoms with E-state index in [-0.39, 0.29) is 0 Å². The molecule has 2 nitrogen and oxygen atoms in total. The normalized spacial score (nSPS) is 23.5. The van der Waals surface area contributed by atoms with Crippen molar-refractivity contribution in [2.24, 2.45) is 5.92 Å². The molecule has 1 aromatic carbocycles. The second-order valence-corrected chi connectivity index (χ2v) is 6.06. The molecule has 19 heavy (non-hydrogen) atoms. The summed E-state index contributed by atoms with van der Waals surface area (Å²) in [6.45, 7) is 2.35. The second-order valence-electron chi connectivity index (χ2n) is 5.62. The molecule has 3 heteroatoms. The van der Waals surface area contributed by atoms with Crippen molar-refractivity contribution in [3.63, 3.8) is 0 Å². The molecule has 1 saturated carbocycles. The predicted octanol–water partition coefficient (Wildman–Crippen LogP) is 4.88. The van der Waals surface area contributed by atoms with E-state index in [0.29, 0.717) is 6.04 Å². The monoisotopic (exact) mass is 274 g/mol. The predicted molar refractivity (Wildman–Crippen MR) is 81.8 cm³/mol. The molecule has 1 aliphatic carbocycles. The van der Waals surface area contributed by atoms with Crippen LogP contribution in [0.3, 0.4) is 0 Å². The molecule has 0 atom stereocenters. The van der Waals surface area contributed by atoms with Gasteiger partial charge in [-0.2, -0.15) is 0 Å². The zero-order chi connectivity index (χ0) is 13.2. The van der Waals surface area contributed by atoms with E-state index in [1.165, 1.54) is 31.4 Å². The highest BCUT2D eigenvalue weighted by Crippen LogP contribution is 2.29. The molecule has 0 radical (unpaired) electrons. The number of pyridine rings is 1. The van der Waals surface area contributed by atoms with Crippen molar-refractivity contribution in [3.05, 3.63) is 35.5 Å². The Morgan fingerprint density at radius 3 is 2.74 bits per heavy atom. The van der Waals surface area contributed by atoms with Crippen LogP contribution in [0.4, 0.5) is 5.69 Å². The van der Waals surface area contributed by atoms with Crippen LogP contribution in [0.25, 0.3) is 10.9 Å². The van der Waals surface area contributed by atoms with Crippen molar-refractivity contribution in [3.8, 4) is 0 Å². The molecule has 100 valence electrons. The Morgan fingerprint density at radius 1 is 1.16 bits per heavy atom. The highest BCUT2D eigenvalue weighted by Gasteiger charge is 2.18. The first-order valence-electron chi connectivity index (χ1n) is 7.03. The summed E-state index contributed by atoms with van der Waals surface area (Å²) in [4.78, 5) is 4.38. The van der Waals surface area contributed by atoms with Crippen molar-refractivity contribution in [2.75, 3.05) is 5.32 Å². The molecule has 0 unspecified atom stereocenters. The third-order valence-electron chi connectivity index (χ3n) is 4.08. The van der Waals surface area contributed by atoms with Crippen molar-refractivity contribution < 1.29 is 0 Å². The van der Waals surface area contributed by atoms with Crippen LogP contribution in [0.1, 0.15) is 32.6 Å². The summed E-state index contributed by atoms with van der Waals surface area (Å²) in [6, 6.07) is 8.56. The van der Waals surface area contributed by atoms with Crippen molar-refractivity contribution in [2.45, 2.75) is 38.6 Å². The number of aromatic nitrogens is 1. The minimum absolute atomic E-state index is 0.595. The molecular formula is C16H19ClN2. The van der Waals surface area contributed by atoms with Gasteiger partial charge >= 0.3 is 0 Å². The summed E-state index contributed by atoms with van der Waals surface area (Å²) in [6.07, 6.45) is 7.03. The maximum absolute atomic E-state index is 6.02. The molecule has 1 aliphatic rings. The molecule has 1 N–H and O–H groups in total. The Bertz CT molecular complexity index is 574. The van der Waals surface area contributed by atoms with Crippen LogP contribution < -0.4 is 5.32 Å². The summed E-state index contributed by atoms with van der Waals surface area (Å²) < 4.78 is 0. The maximum Gasteiger partial charge on any atom is 0.0737 e. The first-order valence-corrected chi connectivity index (χ1v) is 7.41. The lowest BCUT2D eigenvalue weighted by atomic mass is 9.87. The van der Waals surface area contributed by atoms with E-state index in [1.54, 1.807) is 0 Å². The topological polar surface area (TPSA) is 24.9 Å². The van der Waals surface area contributed by atoms with Crippen molar-refractivity contribution in [1.29, 1.82) is 0 Å². The van der Waals surface area contributed by atoms with Gasteiger partial charge in [0.1, 0.15) is 0 Å². The number of halogens is 1. The summed E-state index contributed by atoms with van der Waals surface area (Å²) in [5, 5.41) is 5.58. The van der Waals surface area contributed by atoms with Crippen LogP contribution in [0.5, 0.6) is 0 Å². The zero-order valence-corrected chi connectivity index (χ0v) is 12.0. The molecule has 0 aliphatic heterocycles. The fraction of sp³-hybridized carbons (Fsp3) is 0.438. The molecule has 3 rings (SSSR count). The van der Waals surface area contributed by atoms with Crippen LogP contribution in [0.2, 0.25) is 5.02 Å². The van der Waals surface area contributed by atoms with Gasteiger partial charge in [0.25, 0.3) is 0 Å². The second kappa shape index (κ2) is 5.38. The molecular weight excluding hydrogens is 256 g/mol. The average Bonchev–Trinajstić information content (AvgIpc) is 2.41. The Labute approximate surface area is 119 Å². The van der Waals surface area contributed by atoms with Crippen molar-refractivity contribution in [1.82, 2.24) is 4.98 Å². The van der Waals surface area contributed by atoms with Crippen molar-refractivity contribution >= 4 is 28.2 Å². The van der Waals surface area contributed by atoms with Gasteiger partial charge in [0.15, 0.2) is 0 Å². The number of nitrogens with zero attached hydrogens (tertiary/aromatic N) is 1. The Kier molecular flexibility index (Phi) is 3.61. The molecule has 1 fully saturated rings. The number of nitrogens with one attached hydrogen (secondary N) is 1. The van der Waals surface area contributed by atoms with E-state index in [4.69, 9.17) is 11.6 Å². The SMILES string of the molecule is CC1CCC(Nc2ccnc3cc(Cl)ccc23)CC1. The first kappa shape index (κ1) is 12.7. The van der Waals surface area contributed by atoms with E-state index < -0.39 is 0 Å². The van der Waals surface area contributed by atoms with Crippen LogP contribution in [0, 0.1) is 5.92 Å². The van der Waals surface area contributed by atoms with E-state index in [9.17, 15) is 0 Å². The quantitative estimate of drug-likeness (QED) is 0.844. The van der Waals surface area contributed by atoms with Crippen LogP contribution in [0.15, 0.2) is 30.5 Å². The highest BCUT2D eigenvalue weighted by molar-refractivity contribution is 6.31. The Morgan fingerprint density at radius 2 is 1.95 bits per heavy atom. The van der Waals surface area contributed by atoms with E-state index in [1.807, 2.05) is 18.3 Å². The Balaban J connectivity index is 1.84. The number of fused-ring (bicyclic) bond motifs is 1. The third kappa shape index (κ3) is 2.84. The minimum atomic E-state index is 0.595. The van der Waals surface area contributed by atoms with Gasteiger partial charge in [0, 0.05) is 28.3 Å². The first-order chi connectivity index (χ1) is 9.22. The van der Waals surface area contributed by atoms with Gasteiger partial charge in [-0.3, -0.25) is 4.98 Å². The van der Waals surface area contributed by atoms with Gasteiger partial charge in [-0.15, -0.1) is 0 Å². The summed E-state index contributed by atoms with van der Waals surface area (Å²) in [5.41, 5.74) is 2.14. The van der Waals surface area contributed by atoms with Crippen LogP contribution in [-0.2, 0) is 0 Å². The molecule has 0 amide bonds.